The Morgan fingerprint density at radius 2 is 2.12 bits per heavy atom. The van der Waals surface area contributed by atoms with E-state index in [0.717, 1.165) is 38.3 Å². The standard InChI is InChI=1S/C14H21NO2/c1-11-9-12(3-4-14(11)16-2)10-15-13-5-7-17-8-6-13/h3-4,9,13,15H,5-8,10H2,1-2H3. The van der Waals surface area contributed by atoms with Gasteiger partial charge in [-0.05, 0) is 37.0 Å². The second kappa shape index (κ2) is 6.03. The molecule has 1 fully saturated rings. The minimum atomic E-state index is 0.603. The van der Waals surface area contributed by atoms with Gasteiger partial charge in [0.15, 0.2) is 0 Å². The summed E-state index contributed by atoms with van der Waals surface area (Å²) in [6.45, 7) is 4.78. The summed E-state index contributed by atoms with van der Waals surface area (Å²) in [5.41, 5.74) is 2.51. The van der Waals surface area contributed by atoms with Crippen molar-refractivity contribution in [1.29, 1.82) is 0 Å². The second-order valence-electron chi connectivity index (χ2n) is 4.57. The van der Waals surface area contributed by atoms with Gasteiger partial charge >= 0.3 is 0 Å². The highest BCUT2D eigenvalue weighted by atomic mass is 16.5. The molecule has 1 aliphatic heterocycles. The Morgan fingerprint density at radius 1 is 1.35 bits per heavy atom. The molecule has 1 aromatic carbocycles. The summed E-state index contributed by atoms with van der Waals surface area (Å²) in [6, 6.07) is 6.95. The molecule has 0 aliphatic carbocycles. The van der Waals surface area contributed by atoms with Gasteiger partial charge in [-0.15, -0.1) is 0 Å². The number of rotatable bonds is 4. The van der Waals surface area contributed by atoms with E-state index in [-0.39, 0.29) is 0 Å². The molecule has 17 heavy (non-hydrogen) atoms. The first-order valence-corrected chi connectivity index (χ1v) is 6.24. The molecule has 1 saturated heterocycles. The first kappa shape index (κ1) is 12.4. The van der Waals surface area contributed by atoms with E-state index in [9.17, 15) is 0 Å². The fraction of sp³-hybridized carbons (Fsp3) is 0.571. The molecule has 1 heterocycles. The maximum Gasteiger partial charge on any atom is 0.121 e. The topological polar surface area (TPSA) is 30.5 Å². The molecule has 1 aliphatic rings. The van der Waals surface area contributed by atoms with E-state index in [1.165, 1.54) is 11.1 Å². The summed E-state index contributed by atoms with van der Waals surface area (Å²) < 4.78 is 10.6. The molecule has 94 valence electrons. The molecule has 0 saturated carbocycles. The van der Waals surface area contributed by atoms with Crippen molar-refractivity contribution in [3.05, 3.63) is 29.3 Å². The minimum absolute atomic E-state index is 0.603. The summed E-state index contributed by atoms with van der Waals surface area (Å²) in [5, 5.41) is 3.58. The van der Waals surface area contributed by atoms with E-state index in [1.807, 2.05) is 6.07 Å². The molecule has 0 unspecified atom stereocenters. The average molecular weight is 235 g/mol. The predicted molar refractivity (Wildman–Crippen MR) is 68.4 cm³/mol. The van der Waals surface area contributed by atoms with Crippen molar-refractivity contribution in [2.75, 3.05) is 20.3 Å². The van der Waals surface area contributed by atoms with Gasteiger partial charge < -0.3 is 14.8 Å². The molecule has 0 aromatic heterocycles. The van der Waals surface area contributed by atoms with Crippen LogP contribution in [0.25, 0.3) is 0 Å². The predicted octanol–water partition coefficient (Wildman–Crippen LogP) is 2.27. The first-order valence-electron chi connectivity index (χ1n) is 6.24. The molecule has 0 bridgehead atoms. The molecular formula is C14H21NO2. The third-order valence-electron chi connectivity index (χ3n) is 3.28. The van der Waals surface area contributed by atoms with E-state index in [0.29, 0.717) is 6.04 Å². The van der Waals surface area contributed by atoms with Crippen LogP contribution >= 0.6 is 0 Å². The van der Waals surface area contributed by atoms with Crippen molar-refractivity contribution >= 4 is 0 Å². The number of hydrogen-bond donors (Lipinski definition) is 1. The van der Waals surface area contributed by atoms with Crippen LogP contribution in [-0.2, 0) is 11.3 Å². The zero-order chi connectivity index (χ0) is 12.1. The molecule has 1 N–H and O–H groups in total. The SMILES string of the molecule is COc1ccc(CNC2CCOCC2)cc1C. The maximum absolute atomic E-state index is 5.34. The smallest absolute Gasteiger partial charge is 0.121 e. The van der Waals surface area contributed by atoms with Crippen LogP contribution in [-0.4, -0.2) is 26.4 Å². The molecule has 0 amide bonds. The van der Waals surface area contributed by atoms with E-state index in [4.69, 9.17) is 9.47 Å². The zero-order valence-electron chi connectivity index (χ0n) is 10.7. The second-order valence-corrected chi connectivity index (χ2v) is 4.57. The molecule has 3 heteroatoms. The number of nitrogens with one attached hydrogen (secondary N) is 1. The van der Waals surface area contributed by atoms with Crippen LogP contribution in [0.1, 0.15) is 24.0 Å². The van der Waals surface area contributed by atoms with Crippen LogP contribution in [0.5, 0.6) is 5.75 Å². The van der Waals surface area contributed by atoms with E-state index >= 15 is 0 Å². The van der Waals surface area contributed by atoms with E-state index < -0.39 is 0 Å². The van der Waals surface area contributed by atoms with Crippen LogP contribution in [0.2, 0.25) is 0 Å². The van der Waals surface area contributed by atoms with Crippen LogP contribution in [0.3, 0.4) is 0 Å². The third kappa shape index (κ3) is 3.45. The van der Waals surface area contributed by atoms with Crippen molar-refractivity contribution in [1.82, 2.24) is 5.32 Å². The lowest BCUT2D eigenvalue weighted by Gasteiger charge is -2.23. The molecule has 3 nitrogen and oxygen atoms in total. The van der Waals surface area contributed by atoms with Gasteiger partial charge in [-0.2, -0.15) is 0 Å². The van der Waals surface area contributed by atoms with E-state index in [2.05, 4.69) is 24.4 Å². The molecule has 0 atom stereocenters. The largest absolute Gasteiger partial charge is 0.496 e. The number of hydrogen-bond acceptors (Lipinski definition) is 3. The van der Waals surface area contributed by atoms with Gasteiger partial charge in [-0.1, -0.05) is 12.1 Å². The minimum Gasteiger partial charge on any atom is -0.496 e. The third-order valence-corrected chi connectivity index (χ3v) is 3.28. The Kier molecular flexibility index (Phi) is 4.40. The summed E-state index contributed by atoms with van der Waals surface area (Å²) >= 11 is 0. The lowest BCUT2D eigenvalue weighted by atomic mass is 10.1. The lowest BCUT2D eigenvalue weighted by Crippen LogP contribution is -2.34. The van der Waals surface area contributed by atoms with Gasteiger partial charge in [0, 0.05) is 25.8 Å². The molecular weight excluding hydrogens is 214 g/mol. The summed E-state index contributed by atoms with van der Waals surface area (Å²) in [5.74, 6) is 0.958. The van der Waals surface area contributed by atoms with Crippen LogP contribution in [0.15, 0.2) is 18.2 Å². The van der Waals surface area contributed by atoms with Crippen molar-refractivity contribution in [2.24, 2.45) is 0 Å². The highest BCUT2D eigenvalue weighted by Crippen LogP contribution is 2.18. The van der Waals surface area contributed by atoms with Crippen molar-refractivity contribution in [3.63, 3.8) is 0 Å². The number of benzene rings is 1. The van der Waals surface area contributed by atoms with Crippen molar-refractivity contribution < 1.29 is 9.47 Å². The van der Waals surface area contributed by atoms with E-state index in [1.54, 1.807) is 7.11 Å². The first-order chi connectivity index (χ1) is 8.29. The van der Waals surface area contributed by atoms with Gasteiger partial charge in [0.2, 0.25) is 0 Å². The van der Waals surface area contributed by atoms with Crippen molar-refractivity contribution in [2.45, 2.75) is 32.4 Å². The molecule has 0 radical (unpaired) electrons. The summed E-state index contributed by atoms with van der Waals surface area (Å²) in [4.78, 5) is 0. The van der Waals surface area contributed by atoms with Gasteiger partial charge in [0.05, 0.1) is 7.11 Å². The molecule has 2 rings (SSSR count). The Morgan fingerprint density at radius 3 is 2.76 bits per heavy atom. The molecule has 1 aromatic rings. The number of methoxy groups -OCH3 is 1. The fourth-order valence-corrected chi connectivity index (χ4v) is 2.21. The maximum atomic E-state index is 5.34. The monoisotopic (exact) mass is 235 g/mol. The van der Waals surface area contributed by atoms with Gasteiger partial charge in [0.25, 0.3) is 0 Å². The average Bonchev–Trinajstić information content (AvgIpc) is 2.38. The Hall–Kier alpha value is -1.06. The quantitative estimate of drug-likeness (QED) is 0.868. The fourth-order valence-electron chi connectivity index (χ4n) is 2.21. The van der Waals surface area contributed by atoms with Gasteiger partial charge in [-0.3, -0.25) is 0 Å². The Bertz CT molecular complexity index is 359. The summed E-state index contributed by atoms with van der Waals surface area (Å²) in [6.07, 6.45) is 2.24. The highest BCUT2D eigenvalue weighted by Gasteiger charge is 2.12. The Labute approximate surface area is 103 Å². The van der Waals surface area contributed by atoms with Crippen molar-refractivity contribution in [3.8, 4) is 5.75 Å². The van der Waals surface area contributed by atoms with Gasteiger partial charge in [-0.25, -0.2) is 0 Å². The lowest BCUT2D eigenvalue weighted by molar-refractivity contribution is 0.0776. The zero-order valence-corrected chi connectivity index (χ0v) is 10.7. The summed E-state index contributed by atoms with van der Waals surface area (Å²) in [7, 11) is 1.71. The highest BCUT2D eigenvalue weighted by molar-refractivity contribution is 5.36. The van der Waals surface area contributed by atoms with Crippen LogP contribution in [0, 0.1) is 6.92 Å². The normalized spacial score (nSPS) is 17.1. The van der Waals surface area contributed by atoms with Gasteiger partial charge in [0.1, 0.15) is 5.75 Å². The number of ether oxygens (including phenoxy) is 2. The molecule has 0 spiro atoms. The Balaban J connectivity index is 1.87. The number of aryl methyl sites for hydroxylation is 1. The van der Waals surface area contributed by atoms with Crippen LogP contribution in [0.4, 0.5) is 0 Å². The van der Waals surface area contributed by atoms with Crippen LogP contribution < -0.4 is 10.1 Å².